The standard InChI is InChI=1S/C13H25N3/c1-5-7-12(6-2)15-13(9-14)8-11(3)16(4)10-13/h2,11-12,15H,5,7-10,14H2,1,3-4H3. The average Bonchev–Trinajstić information content (AvgIpc) is 2.55. The van der Waals surface area contributed by atoms with Crippen LogP contribution in [0.15, 0.2) is 0 Å². The van der Waals surface area contributed by atoms with E-state index in [0.717, 1.165) is 25.8 Å². The minimum atomic E-state index is 0.0143. The van der Waals surface area contributed by atoms with E-state index in [0.29, 0.717) is 12.6 Å². The first-order chi connectivity index (χ1) is 7.56. The Bertz CT molecular complexity index is 246. The summed E-state index contributed by atoms with van der Waals surface area (Å²) < 4.78 is 0. The lowest BCUT2D eigenvalue weighted by Gasteiger charge is -2.32. The third kappa shape index (κ3) is 2.98. The van der Waals surface area contributed by atoms with E-state index in [2.05, 4.69) is 37.0 Å². The van der Waals surface area contributed by atoms with Crippen LogP contribution in [0, 0.1) is 12.3 Å². The SMILES string of the molecule is C#CC(CCC)NC1(CN)CC(C)N(C)C1. The molecule has 1 heterocycles. The van der Waals surface area contributed by atoms with Crippen LogP contribution in [-0.4, -0.2) is 42.7 Å². The van der Waals surface area contributed by atoms with Crippen LogP contribution in [0.2, 0.25) is 0 Å². The predicted molar refractivity (Wildman–Crippen MR) is 69.2 cm³/mol. The van der Waals surface area contributed by atoms with Gasteiger partial charge in [-0.15, -0.1) is 6.42 Å². The smallest absolute Gasteiger partial charge is 0.0691 e. The van der Waals surface area contributed by atoms with Crippen molar-refractivity contribution in [3.8, 4) is 12.3 Å². The molecule has 3 nitrogen and oxygen atoms in total. The van der Waals surface area contributed by atoms with Crippen LogP contribution >= 0.6 is 0 Å². The maximum atomic E-state index is 5.93. The lowest BCUT2D eigenvalue weighted by Crippen LogP contribution is -2.56. The highest BCUT2D eigenvalue weighted by atomic mass is 15.2. The highest BCUT2D eigenvalue weighted by Crippen LogP contribution is 2.25. The molecule has 92 valence electrons. The normalized spacial score (nSPS) is 32.6. The molecule has 1 aliphatic heterocycles. The second-order valence-electron chi connectivity index (χ2n) is 5.10. The largest absolute Gasteiger partial charge is 0.329 e. The van der Waals surface area contributed by atoms with Crippen LogP contribution in [-0.2, 0) is 0 Å². The molecule has 0 amide bonds. The van der Waals surface area contributed by atoms with Gasteiger partial charge in [-0.3, -0.25) is 5.32 Å². The van der Waals surface area contributed by atoms with Gasteiger partial charge in [-0.05, 0) is 26.8 Å². The molecule has 0 aliphatic carbocycles. The molecule has 0 aromatic rings. The Kier molecular flexibility index (Phi) is 4.79. The van der Waals surface area contributed by atoms with Gasteiger partial charge in [-0.2, -0.15) is 0 Å². The van der Waals surface area contributed by atoms with E-state index in [9.17, 15) is 0 Å². The van der Waals surface area contributed by atoms with Crippen LogP contribution < -0.4 is 11.1 Å². The first-order valence-electron chi connectivity index (χ1n) is 6.21. The number of nitrogens with zero attached hydrogens (tertiary/aromatic N) is 1. The van der Waals surface area contributed by atoms with E-state index in [1.54, 1.807) is 0 Å². The summed E-state index contributed by atoms with van der Waals surface area (Å²) in [6.45, 7) is 6.05. The van der Waals surface area contributed by atoms with Crippen LogP contribution in [0.4, 0.5) is 0 Å². The minimum absolute atomic E-state index is 0.0143. The number of hydrogen-bond acceptors (Lipinski definition) is 3. The highest BCUT2D eigenvalue weighted by Gasteiger charge is 2.40. The fourth-order valence-corrected chi connectivity index (χ4v) is 2.59. The van der Waals surface area contributed by atoms with Crippen molar-refractivity contribution in [2.75, 3.05) is 20.1 Å². The summed E-state index contributed by atoms with van der Waals surface area (Å²) in [6.07, 6.45) is 8.77. The third-order valence-electron chi connectivity index (χ3n) is 3.64. The molecular formula is C13H25N3. The summed E-state index contributed by atoms with van der Waals surface area (Å²) in [5, 5.41) is 3.59. The Morgan fingerprint density at radius 1 is 1.69 bits per heavy atom. The van der Waals surface area contributed by atoms with Gasteiger partial charge in [-0.25, -0.2) is 0 Å². The second-order valence-corrected chi connectivity index (χ2v) is 5.10. The van der Waals surface area contributed by atoms with Crippen molar-refractivity contribution in [1.82, 2.24) is 10.2 Å². The van der Waals surface area contributed by atoms with Crippen molar-refractivity contribution in [2.24, 2.45) is 5.73 Å². The molecule has 1 saturated heterocycles. The van der Waals surface area contributed by atoms with Crippen molar-refractivity contribution < 1.29 is 0 Å². The van der Waals surface area contributed by atoms with Gasteiger partial charge in [0.05, 0.1) is 6.04 Å². The molecule has 3 atom stereocenters. The van der Waals surface area contributed by atoms with Gasteiger partial charge in [0.15, 0.2) is 0 Å². The predicted octanol–water partition coefficient (Wildman–Crippen LogP) is 0.799. The van der Waals surface area contributed by atoms with Crippen LogP contribution in [0.1, 0.15) is 33.1 Å². The zero-order valence-corrected chi connectivity index (χ0v) is 10.8. The monoisotopic (exact) mass is 223 g/mol. The quantitative estimate of drug-likeness (QED) is 0.677. The number of terminal acetylenes is 1. The van der Waals surface area contributed by atoms with E-state index in [4.69, 9.17) is 12.2 Å². The molecule has 0 bridgehead atoms. The van der Waals surface area contributed by atoms with E-state index < -0.39 is 0 Å². The van der Waals surface area contributed by atoms with Gasteiger partial charge >= 0.3 is 0 Å². The topological polar surface area (TPSA) is 41.3 Å². The lowest BCUT2D eigenvalue weighted by atomic mass is 9.94. The summed E-state index contributed by atoms with van der Waals surface area (Å²) in [5.74, 6) is 2.83. The van der Waals surface area contributed by atoms with Gasteiger partial charge in [0.25, 0.3) is 0 Å². The molecule has 1 aliphatic rings. The molecule has 0 saturated carbocycles. The van der Waals surface area contributed by atoms with E-state index in [-0.39, 0.29) is 11.6 Å². The number of nitrogens with one attached hydrogen (secondary N) is 1. The molecule has 0 spiro atoms. The van der Waals surface area contributed by atoms with Gasteiger partial charge < -0.3 is 10.6 Å². The van der Waals surface area contributed by atoms with Gasteiger partial charge in [0, 0.05) is 24.7 Å². The molecule has 1 rings (SSSR count). The Hall–Kier alpha value is -0.560. The number of rotatable bonds is 5. The first kappa shape index (κ1) is 13.5. The minimum Gasteiger partial charge on any atom is -0.329 e. The van der Waals surface area contributed by atoms with Crippen molar-refractivity contribution in [1.29, 1.82) is 0 Å². The van der Waals surface area contributed by atoms with Gasteiger partial charge in [0.2, 0.25) is 0 Å². The van der Waals surface area contributed by atoms with E-state index in [1.807, 2.05) is 0 Å². The Balaban J connectivity index is 2.64. The number of likely N-dealkylation sites (N-methyl/N-ethyl adjacent to an activating group) is 1. The number of likely N-dealkylation sites (tertiary alicyclic amines) is 1. The third-order valence-corrected chi connectivity index (χ3v) is 3.64. The zero-order valence-electron chi connectivity index (χ0n) is 10.8. The fraction of sp³-hybridized carbons (Fsp3) is 0.846. The summed E-state index contributed by atoms with van der Waals surface area (Å²) in [6, 6.07) is 0.739. The van der Waals surface area contributed by atoms with Crippen LogP contribution in [0.5, 0.6) is 0 Å². The summed E-state index contributed by atoms with van der Waals surface area (Å²) in [7, 11) is 2.15. The summed E-state index contributed by atoms with van der Waals surface area (Å²) >= 11 is 0. The van der Waals surface area contributed by atoms with Crippen molar-refractivity contribution in [3.05, 3.63) is 0 Å². The lowest BCUT2D eigenvalue weighted by molar-refractivity contribution is 0.289. The Morgan fingerprint density at radius 2 is 2.38 bits per heavy atom. The Labute approximate surface area is 99.8 Å². The maximum Gasteiger partial charge on any atom is 0.0691 e. The molecular weight excluding hydrogens is 198 g/mol. The average molecular weight is 223 g/mol. The van der Waals surface area contributed by atoms with Gasteiger partial charge in [-0.1, -0.05) is 19.3 Å². The second kappa shape index (κ2) is 5.67. The molecule has 0 aromatic carbocycles. The summed E-state index contributed by atoms with van der Waals surface area (Å²) in [5.41, 5.74) is 5.95. The molecule has 0 radical (unpaired) electrons. The van der Waals surface area contributed by atoms with Gasteiger partial charge in [0.1, 0.15) is 0 Å². The molecule has 0 aromatic heterocycles. The Morgan fingerprint density at radius 3 is 2.75 bits per heavy atom. The van der Waals surface area contributed by atoms with Crippen molar-refractivity contribution in [2.45, 2.75) is 50.7 Å². The molecule has 3 unspecified atom stereocenters. The van der Waals surface area contributed by atoms with E-state index in [1.165, 1.54) is 0 Å². The first-order valence-corrected chi connectivity index (χ1v) is 6.21. The molecule has 16 heavy (non-hydrogen) atoms. The number of hydrogen-bond donors (Lipinski definition) is 2. The molecule has 3 N–H and O–H groups in total. The number of nitrogens with two attached hydrogens (primary N) is 1. The van der Waals surface area contributed by atoms with Crippen molar-refractivity contribution in [3.63, 3.8) is 0 Å². The maximum absolute atomic E-state index is 5.93. The van der Waals surface area contributed by atoms with Crippen LogP contribution in [0.3, 0.4) is 0 Å². The highest BCUT2D eigenvalue weighted by molar-refractivity contribution is 5.08. The van der Waals surface area contributed by atoms with E-state index >= 15 is 0 Å². The summed E-state index contributed by atoms with van der Waals surface area (Å²) in [4.78, 5) is 2.35. The van der Waals surface area contributed by atoms with Crippen LogP contribution in [0.25, 0.3) is 0 Å². The molecule has 3 heteroatoms. The zero-order chi connectivity index (χ0) is 12.2. The molecule has 1 fully saturated rings. The van der Waals surface area contributed by atoms with Crippen molar-refractivity contribution >= 4 is 0 Å². The fourth-order valence-electron chi connectivity index (χ4n) is 2.59.